The molecular formula is C15H24INO2. The Hall–Kier alpha value is 0. The Bertz CT molecular complexity index is 374. The average Bonchev–Trinajstić information content (AvgIpc) is 2.21. The fourth-order valence-electron chi connectivity index (χ4n) is 4.17. The van der Waals surface area contributed by atoms with Gasteiger partial charge >= 0.3 is 6.09 Å². The lowest BCUT2D eigenvalue weighted by molar-refractivity contribution is -0.128. The van der Waals surface area contributed by atoms with Gasteiger partial charge in [0.1, 0.15) is 5.60 Å². The van der Waals surface area contributed by atoms with Crippen LogP contribution in [0.5, 0.6) is 0 Å². The van der Waals surface area contributed by atoms with Crippen molar-refractivity contribution in [2.75, 3.05) is 13.1 Å². The molecule has 3 aliphatic carbocycles. The Morgan fingerprint density at radius 3 is 2.16 bits per heavy atom. The lowest BCUT2D eigenvalue weighted by atomic mass is 9.39. The minimum atomic E-state index is -0.380. The lowest BCUT2D eigenvalue weighted by Crippen LogP contribution is -2.67. The first kappa shape index (κ1) is 14.0. The molecule has 0 atom stereocenters. The highest BCUT2D eigenvalue weighted by Gasteiger charge is 2.68. The maximum Gasteiger partial charge on any atom is 0.410 e. The number of amides is 1. The van der Waals surface area contributed by atoms with Gasteiger partial charge in [0.15, 0.2) is 0 Å². The number of nitrogens with zero attached hydrogens (tertiary/aromatic N) is 1. The van der Waals surface area contributed by atoms with Gasteiger partial charge in [-0.3, -0.25) is 0 Å². The lowest BCUT2D eigenvalue weighted by Gasteiger charge is -2.72. The number of likely N-dealkylation sites (tertiary alicyclic amines) is 1. The maximum atomic E-state index is 12.0. The predicted octanol–water partition coefficient (Wildman–Crippen LogP) is 3.99. The highest BCUT2D eigenvalue weighted by atomic mass is 127. The summed E-state index contributed by atoms with van der Waals surface area (Å²) in [6.45, 7) is 7.56. The van der Waals surface area contributed by atoms with Crippen LogP contribution in [-0.2, 0) is 4.74 Å². The van der Waals surface area contributed by atoms with Crippen molar-refractivity contribution in [3.8, 4) is 0 Å². The summed E-state index contributed by atoms with van der Waals surface area (Å²) in [6.07, 6.45) is 6.50. The van der Waals surface area contributed by atoms with Crippen LogP contribution < -0.4 is 0 Å². The summed E-state index contributed by atoms with van der Waals surface area (Å²) in [5.74, 6) is 0.850. The van der Waals surface area contributed by atoms with Gasteiger partial charge in [0, 0.05) is 16.5 Å². The van der Waals surface area contributed by atoms with Gasteiger partial charge in [-0.15, -0.1) is 0 Å². The normalized spacial score (nSPS) is 38.4. The largest absolute Gasteiger partial charge is 0.444 e. The van der Waals surface area contributed by atoms with E-state index in [1.165, 1.54) is 32.1 Å². The van der Waals surface area contributed by atoms with Crippen molar-refractivity contribution in [3.63, 3.8) is 0 Å². The number of rotatable bonds is 1. The summed E-state index contributed by atoms with van der Waals surface area (Å²) in [6, 6.07) is 0. The van der Waals surface area contributed by atoms with E-state index >= 15 is 0 Å². The van der Waals surface area contributed by atoms with E-state index in [-0.39, 0.29) is 11.7 Å². The third kappa shape index (κ3) is 2.49. The van der Waals surface area contributed by atoms with Crippen LogP contribution >= 0.6 is 22.6 Å². The van der Waals surface area contributed by atoms with Crippen molar-refractivity contribution in [2.45, 2.75) is 61.9 Å². The van der Waals surface area contributed by atoms with Crippen molar-refractivity contribution in [1.82, 2.24) is 4.90 Å². The van der Waals surface area contributed by atoms with Gasteiger partial charge in [-0.05, 0) is 64.2 Å². The molecule has 0 N–H and O–H groups in total. The van der Waals surface area contributed by atoms with Crippen molar-refractivity contribution in [2.24, 2.45) is 11.3 Å². The minimum Gasteiger partial charge on any atom is -0.444 e. The van der Waals surface area contributed by atoms with E-state index in [0.29, 0.717) is 8.84 Å². The molecule has 0 aromatic heterocycles. The molecule has 1 amide bonds. The number of hydrogen-bond acceptors (Lipinski definition) is 2. The standard InChI is InChI=1S/C15H24INO2/c1-13(2,3)19-12(18)17-6-4-11(5-7-17)14-8-15(16,9-14)10-14/h11H,4-10H2,1-3H3. The van der Waals surface area contributed by atoms with Crippen LogP contribution in [0.25, 0.3) is 0 Å². The molecule has 0 unspecified atom stereocenters. The van der Waals surface area contributed by atoms with Crippen molar-refractivity contribution in [3.05, 3.63) is 0 Å². The summed E-state index contributed by atoms with van der Waals surface area (Å²) >= 11 is 2.64. The first-order valence-corrected chi connectivity index (χ1v) is 8.46. The first-order chi connectivity index (χ1) is 8.72. The van der Waals surface area contributed by atoms with Crippen molar-refractivity contribution in [1.29, 1.82) is 0 Å². The van der Waals surface area contributed by atoms with Crippen LogP contribution in [0.1, 0.15) is 52.9 Å². The molecule has 0 spiro atoms. The van der Waals surface area contributed by atoms with E-state index in [0.717, 1.165) is 19.0 Å². The second-order valence-corrected chi connectivity index (χ2v) is 10.1. The predicted molar refractivity (Wildman–Crippen MR) is 83.6 cm³/mol. The Morgan fingerprint density at radius 2 is 1.74 bits per heavy atom. The first-order valence-electron chi connectivity index (χ1n) is 7.38. The third-order valence-corrected chi connectivity index (χ3v) is 6.16. The molecule has 1 saturated heterocycles. The van der Waals surface area contributed by atoms with Gasteiger partial charge in [-0.1, -0.05) is 22.6 Å². The molecule has 4 aliphatic rings. The summed E-state index contributed by atoms with van der Waals surface area (Å²) < 4.78 is 6.12. The molecule has 1 aliphatic heterocycles. The molecule has 3 saturated carbocycles. The van der Waals surface area contributed by atoms with Crippen LogP contribution in [0.15, 0.2) is 0 Å². The van der Waals surface area contributed by atoms with E-state index in [1.807, 2.05) is 25.7 Å². The molecule has 4 rings (SSSR count). The SMILES string of the molecule is CC(C)(C)OC(=O)N1CCC(C23CC(I)(C2)C3)CC1. The van der Waals surface area contributed by atoms with Gasteiger partial charge in [-0.2, -0.15) is 0 Å². The molecule has 108 valence electrons. The number of piperidine rings is 1. The number of alkyl halides is 1. The zero-order valence-electron chi connectivity index (χ0n) is 12.2. The zero-order chi connectivity index (χ0) is 13.9. The summed E-state index contributed by atoms with van der Waals surface area (Å²) in [5, 5.41) is 0. The monoisotopic (exact) mass is 377 g/mol. The molecule has 3 nitrogen and oxygen atoms in total. The van der Waals surface area contributed by atoms with Crippen LogP contribution in [0.2, 0.25) is 0 Å². The molecule has 19 heavy (non-hydrogen) atoms. The van der Waals surface area contributed by atoms with Crippen LogP contribution in [-0.4, -0.2) is 33.1 Å². The van der Waals surface area contributed by atoms with Gasteiger partial charge in [-0.25, -0.2) is 4.79 Å². The average molecular weight is 377 g/mol. The van der Waals surface area contributed by atoms with Crippen molar-refractivity contribution < 1.29 is 9.53 Å². The highest BCUT2D eigenvalue weighted by molar-refractivity contribution is 14.1. The van der Waals surface area contributed by atoms with E-state index in [1.54, 1.807) is 0 Å². The van der Waals surface area contributed by atoms with Gasteiger partial charge in [0.2, 0.25) is 0 Å². The Labute approximate surface area is 129 Å². The molecule has 0 radical (unpaired) electrons. The van der Waals surface area contributed by atoms with Gasteiger partial charge in [0.05, 0.1) is 0 Å². The van der Waals surface area contributed by atoms with E-state index in [9.17, 15) is 4.79 Å². The number of ether oxygens (including phenoxy) is 1. The molecular weight excluding hydrogens is 353 g/mol. The fourth-order valence-corrected chi connectivity index (χ4v) is 6.45. The zero-order valence-corrected chi connectivity index (χ0v) is 14.3. The number of carbonyl (C=O) groups excluding carboxylic acids is 1. The molecule has 0 aromatic rings. The number of halogens is 1. The van der Waals surface area contributed by atoms with Crippen LogP contribution in [0.3, 0.4) is 0 Å². The fraction of sp³-hybridized carbons (Fsp3) is 0.933. The topological polar surface area (TPSA) is 29.5 Å². The van der Waals surface area contributed by atoms with Crippen LogP contribution in [0, 0.1) is 11.3 Å². The molecule has 0 aromatic carbocycles. The highest BCUT2D eigenvalue weighted by Crippen LogP contribution is 2.75. The van der Waals surface area contributed by atoms with Gasteiger partial charge in [0.25, 0.3) is 0 Å². The van der Waals surface area contributed by atoms with Crippen LogP contribution in [0.4, 0.5) is 4.79 Å². The second kappa shape index (κ2) is 4.25. The summed E-state index contributed by atoms with van der Waals surface area (Å²) in [5.41, 5.74) is 0.288. The second-order valence-electron chi connectivity index (χ2n) is 7.79. The molecule has 4 fully saturated rings. The summed E-state index contributed by atoms with van der Waals surface area (Å²) in [4.78, 5) is 13.9. The Morgan fingerprint density at radius 1 is 1.21 bits per heavy atom. The minimum absolute atomic E-state index is 0.131. The molecule has 1 heterocycles. The van der Waals surface area contributed by atoms with E-state index in [2.05, 4.69) is 22.6 Å². The number of carbonyl (C=O) groups is 1. The van der Waals surface area contributed by atoms with Crippen molar-refractivity contribution >= 4 is 28.7 Å². The maximum absolute atomic E-state index is 12.0. The quantitative estimate of drug-likeness (QED) is 0.511. The molecule has 4 heteroatoms. The third-order valence-electron chi connectivity index (χ3n) is 5.02. The Balaban J connectivity index is 1.49. The smallest absolute Gasteiger partial charge is 0.410 e. The van der Waals surface area contributed by atoms with Gasteiger partial charge < -0.3 is 9.64 Å². The van der Waals surface area contributed by atoms with E-state index in [4.69, 9.17) is 4.74 Å². The van der Waals surface area contributed by atoms with E-state index < -0.39 is 0 Å². The number of hydrogen-bond donors (Lipinski definition) is 0. The molecule has 2 bridgehead atoms. The Kier molecular flexibility index (Phi) is 3.12. The summed E-state index contributed by atoms with van der Waals surface area (Å²) in [7, 11) is 0.